The highest BCUT2D eigenvalue weighted by molar-refractivity contribution is 5.88. The van der Waals surface area contributed by atoms with Crippen LogP contribution >= 0.6 is 0 Å². The zero-order chi connectivity index (χ0) is 20.3. The van der Waals surface area contributed by atoms with Gasteiger partial charge < -0.3 is 5.32 Å². The van der Waals surface area contributed by atoms with Crippen molar-refractivity contribution >= 4 is 17.6 Å². The third-order valence-electron chi connectivity index (χ3n) is 4.73. The minimum absolute atomic E-state index is 0.00902. The van der Waals surface area contributed by atoms with Crippen LogP contribution in [0.25, 0.3) is 0 Å². The van der Waals surface area contributed by atoms with Gasteiger partial charge in [0.2, 0.25) is 5.91 Å². The number of nitrogens with one attached hydrogen (secondary N) is 2. The molecule has 0 saturated carbocycles. The Morgan fingerprint density at radius 3 is 1.96 bits per heavy atom. The Labute approximate surface area is 165 Å². The number of guanidine groups is 1. The van der Waals surface area contributed by atoms with Crippen LogP contribution in [0, 0.1) is 0 Å². The van der Waals surface area contributed by atoms with Crippen LogP contribution in [0.3, 0.4) is 0 Å². The topological polar surface area (TPSA) is 112 Å². The summed E-state index contributed by atoms with van der Waals surface area (Å²) in [4.78, 5) is 27.3. The molecule has 6 nitrogen and oxygen atoms in total. The van der Waals surface area contributed by atoms with Gasteiger partial charge in [-0.3, -0.25) is 26.0 Å². The Balaban J connectivity index is 3.99. The van der Waals surface area contributed by atoms with Crippen molar-refractivity contribution in [1.82, 2.24) is 5.32 Å². The smallest absolute Gasteiger partial charge is 0.338 e. The summed E-state index contributed by atoms with van der Waals surface area (Å²) in [6.07, 6.45) is 14.2. The largest absolute Gasteiger partial charge is 0.346 e. The third kappa shape index (κ3) is 16.3. The molecule has 1 amide bonds. The van der Waals surface area contributed by atoms with Crippen molar-refractivity contribution < 1.29 is 14.6 Å². The van der Waals surface area contributed by atoms with Crippen LogP contribution < -0.4 is 21.8 Å². The van der Waals surface area contributed by atoms with Gasteiger partial charge in [-0.1, -0.05) is 65.2 Å². The van der Waals surface area contributed by atoms with Gasteiger partial charge in [-0.05, 0) is 25.7 Å². The lowest BCUT2D eigenvalue weighted by Crippen LogP contribution is -2.78. The quantitative estimate of drug-likeness (QED) is 0.164. The minimum atomic E-state index is -0.392. The van der Waals surface area contributed by atoms with E-state index in [-0.39, 0.29) is 17.6 Å². The molecular formula is C21H43N4O2+. The van der Waals surface area contributed by atoms with Crippen molar-refractivity contribution in [2.75, 3.05) is 6.54 Å². The molecule has 158 valence electrons. The van der Waals surface area contributed by atoms with Crippen molar-refractivity contribution in [3.8, 4) is 0 Å². The maximum Gasteiger partial charge on any atom is 0.338 e. The van der Waals surface area contributed by atoms with E-state index in [4.69, 9.17) is 11.5 Å². The van der Waals surface area contributed by atoms with Gasteiger partial charge in [0.05, 0.1) is 12.6 Å². The van der Waals surface area contributed by atoms with Crippen LogP contribution in [0.4, 0.5) is 0 Å². The number of carbonyl (C=O) groups is 2. The molecule has 27 heavy (non-hydrogen) atoms. The van der Waals surface area contributed by atoms with Gasteiger partial charge in [-0.2, -0.15) is 0 Å². The number of amides is 1. The summed E-state index contributed by atoms with van der Waals surface area (Å²) >= 11 is 0. The number of nitrogens with two attached hydrogens (primary N) is 2. The molecule has 1 unspecified atom stereocenters. The maximum atomic E-state index is 12.2. The van der Waals surface area contributed by atoms with E-state index in [0.717, 1.165) is 25.7 Å². The standard InChI is InChI=1S/C21H42N4O2/c1-3-5-6-7-8-9-10-11-12-16-20(27)25-18(19(26)14-4-2)15-13-17-24-21(22)23/h18H,3-17H2,1-2H3,(H,25,27)(H4,22,23,24)/p+1. The highest BCUT2D eigenvalue weighted by Crippen LogP contribution is 2.11. The van der Waals surface area contributed by atoms with Gasteiger partial charge in [-0.25, -0.2) is 0 Å². The fraction of sp³-hybridized carbons (Fsp3) is 0.857. The molecule has 0 aliphatic rings. The molecule has 0 aromatic rings. The Morgan fingerprint density at radius 2 is 1.41 bits per heavy atom. The lowest BCUT2D eigenvalue weighted by molar-refractivity contribution is -0.459. The molecule has 0 rings (SSSR count). The predicted molar refractivity (Wildman–Crippen MR) is 112 cm³/mol. The zero-order valence-corrected chi connectivity index (χ0v) is 17.7. The molecule has 0 bridgehead atoms. The van der Waals surface area contributed by atoms with Crippen molar-refractivity contribution in [3.63, 3.8) is 0 Å². The lowest BCUT2D eigenvalue weighted by Gasteiger charge is -2.17. The average Bonchev–Trinajstić information content (AvgIpc) is 2.62. The van der Waals surface area contributed by atoms with E-state index >= 15 is 0 Å². The van der Waals surface area contributed by atoms with Gasteiger partial charge >= 0.3 is 5.96 Å². The summed E-state index contributed by atoms with van der Waals surface area (Å²) in [5.41, 5.74) is 10.7. The molecule has 0 fully saturated rings. The molecule has 0 aliphatic carbocycles. The van der Waals surface area contributed by atoms with Crippen molar-refractivity contribution in [2.45, 2.75) is 110 Å². The highest BCUT2D eigenvalue weighted by Gasteiger charge is 2.19. The Kier molecular flexibility index (Phi) is 16.8. The van der Waals surface area contributed by atoms with E-state index in [0.29, 0.717) is 25.8 Å². The van der Waals surface area contributed by atoms with Crippen molar-refractivity contribution in [3.05, 3.63) is 0 Å². The first kappa shape index (κ1) is 25.4. The van der Waals surface area contributed by atoms with Crippen LogP contribution in [0.15, 0.2) is 0 Å². The van der Waals surface area contributed by atoms with Crippen molar-refractivity contribution in [2.24, 2.45) is 11.5 Å². The SMILES string of the molecule is CCCCCCCCCCCC(=O)NC(CCC[NH+]=C(N)N)C(=O)CCC. The number of unbranched alkanes of at least 4 members (excludes halogenated alkanes) is 8. The molecule has 0 aromatic heterocycles. The summed E-state index contributed by atoms with van der Waals surface area (Å²) in [5, 5.41) is 2.93. The number of carbonyl (C=O) groups excluding carboxylic acids is 2. The highest BCUT2D eigenvalue weighted by atomic mass is 16.2. The third-order valence-corrected chi connectivity index (χ3v) is 4.73. The van der Waals surface area contributed by atoms with Gasteiger partial charge in [0.1, 0.15) is 0 Å². The predicted octanol–water partition coefficient (Wildman–Crippen LogP) is 1.90. The first-order chi connectivity index (χ1) is 13.0. The average molecular weight is 384 g/mol. The van der Waals surface area contributed by atoms with Crippen LogP contribution in [0.5, 0.6) is 0 Å². The molecular weight excluding hydrogens is 340 g/mol. The second-order valence-electron chi connectivity index (χ2n) is 7.44. The number of hydrogen-bond acceptors (Lipinski definition) is 2. The van der Waals surface area contributed by atoms with Crippen LogP contribution in [-0.4, -0.2) is 30.2 Å². The lowest BCUT2D eigenvalue weighted by atomic mass is 10.0. The Bertz CT molecular complexity index is 420. The summed E-state index contributed by atoms with van der Waals surface area (Å²) in [6, 6.07) is -0.392. The fourth-order valence-electron chi connectivity index (χ4n) is 3.14. The first-order valence-electron chi connectivity index (χ1n) is 10.9. The Hall–Kier alpha value is -1.59. The number of ketones is 1. The first-order valence-corrected chi connectivity index (χ1v) is 10.9. The van der Waals surface area contributed by atoms with E-state index < -0.39 is 6.04 Å². The van der Waals surface area contributed by atoms with Crippen LogP contribution in [0.1, 0.15) is 104 Å². The van der Waals surface area contributed by atoms with Gasteiger partial charge in [0, 0.05) is 12.8 Å². The second kappa shape index (κ2) is 17.8. The van der Waals surface area contributed by atoms with Gasteiger partial charge in [0.15, 0.2) is 5.78 Å². The summed E-state index contributed by atoms with van der Waals surface area (Å²) in [6.45, 7) is 4.81. The number of hydrogen-bond donors (Lipinski definition) is 4. The normalized spacial score (nSPS) is 11.8. The molecule has 0 aliphatic heterocycles. The molecule has 0 radical (unpaired) electrons. The maximum absolute atomic E-state index is 12.2. The molecule has 0 aromatic carbocycles. The van der Waals surface area contributed by atoms with E-state index in [2.05, 4.69) is 17.2 Å². The van der Waals surface area contributed by atoms with Crippen LogP contribution in [-0.2, 0) is 9.59 Å². The van der Waals surface area contributed by atoms with Gasteiger partial charge in [0.25, 0.3) is 0 Å². The van der Waals surface area contributed by atoms with Gasteiger partial charge in [-0.15, -0.1) is 0 Å². The Morgan fingerprint density at radius 1 is 0.815 bits per heavy atom. The summed E-state index contributed by atoms with van der Waals surface area (Å²) < 4.78 is 0. The molecule has 0 saturated heterocycles. The van der Waals surface area contributed by atoms with E-state index in [1.807, 2.05) is 6.92 Å². The number of rotatable bonds is 18. The monoisotopic (exact) mass is 383 g/mol. The summed E-state index contributed by atoms with van der Waals surface area (Å²) in [7, 11) is 0. The number of Topliss-reactive ketones (excluding diaryl/α,β-unsaturated/α-hetero) is 1. The minimum Gasteiger partial charge on any atom is -0.346 e. The second-order valence-corrected chi connectivity index (χ2v) is 7.44. The molecule has 0 spiro atoms. The van der Waals surface area contributed by atoms with E-state index in [1.54, 1.807) is 0 Å². The molecule has 6 N–H and O–H groups in total. The van der Waals surface area contributed by atoms with E-state index in [9.17, 15) is 9.59 Å². The van der Waals surface area contributed by atoms with E-state index in [1.165, 1.54) is 44.9 Å². The molecule has 6 heteroatoms. The molecule has 1 atom stereocenters. The molecule has 0 heterocycles. The van der Waals surface area contributed by atoms with Crippen LogP contribution in [0.2, 0.25) is 0 Å². The fourth-order valence-corrected chi connectivity index (χ4v) is 3.14. The summed E-state index contributed by atoms with van der Waals surface area (Å²) in [5.74, 6) is 0.286. The zero-order valence-electron chi connectivity index (χ0n) is 17.7. The van der Waals surface area contributed by atoms with Crippen molar-refractivity contribution in [1.29, 1.82) is 0 Å².